The molecule has 1 unspecified atom stereocenters. The van der Waals surface area contributed by atoms with Crippen LogP contribution in [-0.2, 0) is 4.79 Å². The molecule has 0 aromatic heterocycles. The number of carboxylic acid groups (broad SMARTS) is 1. The van der Waals surface area contributed by atoms with Gasteiger partial charge in [0.2, 0.25) is 0 Å². The summed E-state index contributed by atoms with van der Waals surface area (Å²) in [5.41, 5.74) is 0.707. The summed E-state index contributed by atoms with van der Waals surface area (Å²) in [6.45, 7) is 0.431. The Balaban J connectivity index is 2.02. The first-order valence-electron chi connectivity index (χ1n) is 4.83. The first kappa shape index (κ1) is 8.71. The molecule has 0 radical (unpaired) electrons. The van der Waals surface area contributed by atoms with Crippen LogP contribution in [0.25, 0.3) is 0 Å². The number of hydrogen-bond acceptors (Lipinski definition) is 2. The molecule has 4 heteroatoms. The number of carbonyl (C=O) groups is 1. The molecule has 3 nitrogen and oxygen atoms in total. The first-order chi connectivity index (χ1) is 7.18. The molecule has 78 valence electrons. The van der Waals surface area contributed by atoms with Crippen molar-refractivity contribution in [2.45, 2.75) is 5.92 Å². The lowest BCUT2D eigenvalue weighted by molar-refractivity contribution is -0.139. The number of carboxylic acids is 1. The van der Waals surface area contributed by atoms with Gasteiger partial charge in [0.05, 0.1) is 12.5 Å². The van der Waals surface area contributed by atoms with Crippen molar-refractivity contribution in [3.8, 4) is 5.75 Å². The van der Waals surface area contributed by atoms with E-state index in [4.69, 9.17) is 9.84 Å². The smallest absolute Gasteiger partial charge is 0.307 e. The number of benzene rings is 1. The fourth-order valence-electron chi connectivity index (χ4n) is 2.44. The van der Waals surface area contributed by atoms with Gasteiger partial charge in [0.15, 0.2) is 0 Å². The largest absolute Gasteiger partial charge is 0.493 e. The van der Waals surface area contributed by atoms with Crippen LogP contribution in [-0.4, -0.2) is 17.7 Å². The van der Waals surface area contributed by atoms with Crippen molar-refractivity contribution in [2.24, 2.45) is 11.8 Å². The van der Waals surface area contributed by atoms with Crippen LogP contribution >= 0.6 is 0 Å². The highest BCUT2D eigenvalue weighted by Gasteiger charge is 2.59. The summed E-state index contributed by atoms with van der Waals surface area (Å²) in [4.78, 5) is 10.9. The second-order valence-corrected chi connectivity index (χ2v) is 4.05. The summed E-state index contributed by atoms with van der Waals surface area (Å²) < 4.78 is 18.4. The van der Waals surface area contributed by atoms with Crippen LogP contribution in [0.3, 0.4) is 0 Å². The van der Waals surface area contributed by atoms with Gasteiger partial charge in [-0.05, 0) is 18.2 Å². The van der Waals surface area contributed by atoms with E-state index in [1.807, 2.05) is 0 Å². The Labute approximate surface area is 85.5 Å². The molecule has 1 N–H and O–H groups in total. The average molecular weight is 208 g/mol. The highest BCUT2D eigenvalue weighted by molar-refractivity contribution is 5.77. The van der Waals surface area contributed by atoms with Crippen LogP contribution < -0.4 is 4.74 Å². The van der Waals surface area contributed by atoms with E-state index in [2.05, 4.69) is 0 Å². The van der Waals surface area contributed by atoms with E-state index in [0.29, 0.717) is 17.9 Å². The van der Waals surface area contributed by atoms with Crippen molar-refractivity contribution in [3.05, 3.63) is 29.6 Å². The predicted molar refractivity (Wildman–Crippen MR) is 49.3 cm³/mol. The quantitative estimate of drug-likeness (QED) is 0.763. The molecule has 0 amide bonds. The molecule has 1 aliphatic heterocycles. The Morgan fingerprint density at radius 1 is 1.53 bits per heavy atom. The summed E-state index contributed by atoms with van der Waals surface area (Å²) in [5.74, 6) is -0.951. The molecule has 1 aromatic rings. The molecule has 3 rings (SSSR count). The third kappa shape index (κ3) is 1.14. The lowest BCUT2D eigenvalue weighted by Gasteiger charge is -2.15. The third-order valence-corrected chi connectivity index (χ3v) is 3.22. The normalized spacial score (nSPS) is 31.1. The summed E-state index contributed by atoms with van der Waals surface area (Å²) in [5, 5.41) is 8.93. The van der Waals surface area contributed by atoms with Crippen LogP contribution in [0, 0.1) is 17.7 Å². The van der Waals surface area contributed by atoms with Crippen molar-refractivity contribution in [1.29, 1.82) is 0 Å². The molecule has 1 fully saturated rings. The minimum Gasteiger partial charge on any atom is -0.493 e. The predicted octanol–water partition coefficient (Wildman–Crippen LogP) is 1.63. The lowest BCUT2D eigenvalue weighted by Crippen LogP contribution is -2.09. The third-order valence-electron chi connectivity index (χ3n) is 3.22. The van der Waals surface area contributed by atoms with Crippen molar-refractivity contribution < 1.29 is 19.0 Å². The van der Waals surface area contributed by atoms with Gasteiger partial charge in [-0.25, -0.2) is 4.39 Å². The fourth-order valence-corrected chi connectivity index (χ4v) is 2.44. The Bertz CT molecular complexity index is 443. The van der Waals surface area contributed by atoms with E-state index < -0.39 is 11.9 Å². The number of rotatable bonds is 1. The molecule has 3 atom stereocenters. The maximum Gasteiger partial charge on any atom is 0.307 e. The highest BCUT2D eigenvalue weighted by Crippen LogP contribution is 2.58. The maximum absolute atomic E-state index is 13.0. The van der Waals surface area contributed by atoms with Gasteiger partial charge in [0, 0.05) is 17.4 Å². The van der Waals surface area contributed by atoms with E-state index in [1.165, 1.54) is 12.1 Å². The summed E-state index contributed by atoms with van der Waals surface area (Å²) in [6.07, 6.45) is 0. The van der Waals surface area contributed by atoms with Crippen LogP contribution in [0.2, 0.25) is 0 Å². The van der Waals surface area contributed by atoms with Gasteiger partial charge < -0.3 is 9.84 Å². The summed E-state index contributed by atoms with van der Waals surface area (Å²) >= 11 is 0. The Kier molecular flexibility index (Phi) is 1.58. The second kappa shape index (κ2) is 2.72. The minimum atomic E-state index is -0.814. The van der Waals surface area contributed by atoms with Crippen molar-refractivity contribution in [1.82, 2.24) is 0 Å². The van der Waals surface area contributed by atoms with E-state index in [0.717, 1.165) is 0 Å². The second-order valence-electron chi connectivity index (χ2n) is 4.05. The van der Waals surface area contributed by atoms with Crippen LogP contribution in [0.4, 0.5) is 4.39 Å². The molecule has 2 aliphatic rings. The summed E-state index contributed by atoms with van der Waals surface area (Å²) in [6, 6.07) is 4.28. The van der Waals surface area contributed by atoms with E-state index in [-0.39, 0.29) is 17.7 Å². The Hall–Kier alpha value is -1.58. The standard InChI is InChI=1S/C11H9FO3/c12-5-1-2-8-6(3-5)9-7(4-15-8)10(9)11(13)14/h1-3,7,9-10H,4H2,(H,13,14)/t7-,9+,10?/m1/s1. The molecule has 0 bridgehead atoms. The summed E-state index contributed by atoms with van der Waals surface area (Å²) in [7, 11) is 0. The van der Waals surface area contributed by atoms with Gasteiger partial charge in [0.25, 0.3) is 0 Å². The average Bonchev–Trinajstić information content (AvgIpc) is 2.92. The van der Waals surface area contributed by atoms with Gasteiger partial charge in [-0.15, -0.1) is 0 Å². The maximum atomic E-state index is 13.0. The number of fused-ring (bicyclic) bond motifs is 3. The topological polar surface area (TPSA) is 46.5 Å². The molecule has 1 aromatic carbocycles. The number of hydrogen-bond donors (Lipinski definition) is 1. The van der Waals surface area contributed by atoms with Crippen LogP contribution in [0.1, 0.15) is 11.5 Å². The first-order valence-corrected chi connectivity index (χ1v) is 4.83. The van der Waals surface area contributed by atoms with Gasteiger partial charge in [-0.3, -0.25) is 4.79 Å². The lowest BCUT2D eigenvalue weighted by atomic mass is 10.1. The SMILES string of the molecule is O=C(O)C1[C@H]2c3cc(F)ccc3OC[C@@H]12. The van der Waals surface area contributed by atoms with Gasteiger partial charge in [-0.2, -0.15) is 0 Å². The minimum absolute atomic E-state index is 0.0248. The fraction of sp³-hybridized carbons (Fsp3) is 0.364. The number of aliphatic carboxylic acids is 1. The van der Waals surface area contributed by atoms with Crippen molar-refractivity contribution in [3.63, 3.8) is 0 Å². The Morgan fingerprint density at radius 2 is 2.33 bits per heavy atom. The highest BCUT2D eigenvalue weighted by atomic mass is 19.1. The molecule has 0 saturated heterocycles. The zero-order chi connectivity index (χ0) is 10.6. The molecular weight excluding hydrogens is 199 g/mol. The van der Waals surface area contributed by atoms with E-state index >= 15 is 0 Å². The monoisotopic (exact) mass is 208 g/mol. The molecule has 15 heavy (non-hydrogen) atoms. The zero-order valence-electron chi connectivity index (χ0n) is 7.81. The number of halogens is 1. The molecule has 1 aliphatic carbocycles. The number of ether oxygens (including phenoxy) is 1. The van der Waals surface area contributed by atoms with Gasteiger partial charge in [0.1, 0.15) is 11.6 Å². The van der Waals surface area contributed by atoms with Crippen molar-refractivity contribution in [2.75, 3.05) is 6.61 Å². The zero-order valence-corrected chi connectivity index (χ0v) is 7.81. The molecule has 0 spiro atoms. The molecule has 1 saturated carbocycles. The van der Waals surface area contributed by atoms with E-state index in [9.17, 15) is 9.18 Å². The van der Waals surface area contributed by atoms with Crippen LogP contribution in [0.5, 0.6) is 5.75 Å². The van der Waals surface area contributed by atoms with Crippen LogP contribution in [0.15, 0.2) is 18.2 Å². The van der Waals surface area contributed by atoms with E-state index in [1.54, 1.807) is 6.07 Å². The molecular formula is C11H9FO3. The van der Waals surface area contributed by atoms with Crippen molar-refractivity contribution >= 4 is 5.97 Å². The van der Waals surface area contributed by atoms with Gasteiger partial charge in [-0.1, -0.05) is 0 Å². The van der Waals surface area contributed by atoms with Gasteiger partial charge >= 0.3 is 5.97 Å². The Morgan fingerprint density at radius 3 is 3.07 bits per heavy atom. The molecule has 1 heterocycles.